The Bertz CT molecular complexity index is 1010. The van der Waals surface area contributed by atoms with E-state index in [4.69, 9.17) is 0 Å². The van der Waals surface area contributed by atoms with E-state index in [0.717, 1.165) is 49.9 Å². The molecule has 4 fully saturated rings. The summed E-state index contributed by atoms with van der Waals surface area (Å²) in [7, 11) is 0. The van der Waals surface area contributed by atoms with Gasteiger partial charge in [0, 0.05) is 31.3 Å². The van der Waals surface area contributed by atoms with Crippen molar-refractivity contribution in [2.45, 2.75) is 77.4 Å². The Morgan fingerprint density at radius 1 is 1.29 bits per heavy atom. The average molecular weight is 427 g/mol. The van der Waals surface area contributed by atoms with Crippen LogP contribution >= 0.6 is 0 Å². The molecule has 6 rings (SSSR count). The number of hydrogen-bond acceptors (Lipinski definition) is 5. The molecule has 9 nitrogen and oxygen atoms in total. The van der Waals surface area contributed by atoms with Crippen LogP contribution in [0.1, 0.15) is 63.1 Å². The molecule has 0 spiro atoms. The van der Waals surface area contributed by atoms with E-state index in [1.54, 1.807) is 6.20 Å². The normalized spacial score (nSPS) is 31.2. The second-order valence-electron chi connectivity index (χ2n) is 10.1. The Labute approximate surface area is 181 Å². The smallest absolute Gasteiger partial charge is 0.307 e. The minimum absolute atomic E-state index is 0.0302. The van der Waals surface area contributed by atoms with Gasteiger partial charge in [0.25, 0.3) is 0 Å². The monoisotopic (exact) mass is 426 g/mol. The first-order chi connectivity index (χ1) is 14.8. The maximum atomic E-state index is 13.0. The highest BCUT2D eigenvalue weighted by molar-refractivity contribution is 5.76. The van der Waals surface area contributed by atoms with Gasteiger partial charge in [-0.3, -0.25) is 24.3 Å². The molecular weight excluding hydrogens is 396 g/mol. The van der Waals surface area contributed by atoms with Crippen molar-refractivity contribution >= 4 is 11.6 Å². The quantitative estimate of drug-likeness (QED) is 0.540. The third-order valence-electron chi connectivity index (χ3n) is 7.80. The van der Waals surface area contributed by atoms with E-state index < -0.39 is 0 Å². The van der Waals surface area contributed by atoms with Crippen molar-refractivity contribution in [1.29, 1.82) is 0 Å². The van der Waals surface area contributed by atoms with Crippen molar-refractivity contribution in [2.24, 2.45) is 17.3 Å². The highest BCUT2D eigenvalue weighted by atomic mass is 16.6. The summed E-state index contributed by atoms with van der Waals surface area (Å²) in [6.45, 7) is 5.34. The summed E-state index contributed by atoms with van der Waals surface area (Å²) in [6, 6.07) is 0. The lowest BCUT2D eigenvalue weighted by atomic mass is 9.46. The molecule has 0 aromatic carbocycles. The fourth-order valence-corrected chi connectivity index (χ4v) is 7.04. The van der Waals surface area contributed by atoms with Crippen molar-refractivity contribution in [1.82, 2.24) is 24.9 Å². The van der Waals surface area contributed by atoms with Gasteiger partial charge in [0.05, 0.1) is 16.2 Å². The van der Waals surface area contributed by atoms with Crippen LogP contribution in [0.3, 0.4) is 0 Å². The zero-order chi connectivity index (χ0) is 21.8. The van der Waals surface area contributed by atoms with E-state index in [9.17, 15) is 14.9 Å². The van der Waals surface area contributed by atoms with Crippen LogP contribution in [0.4, 0.5) is 5.69 Å². The Hall–Kier alpha value is -2.71. The van der Waals surface area contributed by atoms with Gasteiger partial charge in [-0.2, -0.15) is 10.2 Å². The molecule has 2 atom stereocenters. The lowest BCUT2D eigenvalue weighted by Crippen LogP contribution is -2.57. The first-order valence-corrected chi connectivity index (χ1v) is 11.3. The van der Waals surface area contributed by atoms with Crippen LogP contribution in [0.5, 0.6) is 0 Å². The van der Waals surface area contributed by atoms with Gasteiger partial charge < -0.3 is 5.32 Å². The molecule has 0 aliphatic heterocycles. The van der Waals surface area contributed by atoms with Gasteiger partial charge in [0.15, 0.2) is 0 Å². The minimum Gasteiger partial charge on any atom is -0.352 e. The summed E-state index contributed by atoms with van der Waals surface area (Å²) in [5.74, 6) is 1.23. The molecule has 0 radical (unpaired) electrons. The predicted molar refractivity (Wildman–Crippen MR) is 113 cm³/mol. The molecule has 31 heavy (non-hydrogen) atoms. The van der Waals surface area contributed by atoms with E-state index in [-0.39, 0.29) is 27.5 Å². The van der Waals surface area contributed by atoms with Crippen LogP contribution in [0.15, 0.2) is 18.6 Å². The fourth-order valence-electron chi connectivity index (χ4n) is 7.04. The number of nitro groups is 1. The molecular formula is C22H30N6O3. The van der Waals surface area contributed by atoms with Crippen LogP contribution in [0.2, 0.25) is 0 Å². The molecule has 2 aromatic heterocycles. The lowest BCUT2D eigenvalue weighted by Gasteiger charge is -2.61. The summed E-state index contributed by atoms with van der Waals surface area (Å²) in [5.41, 5.74) is 1.84. The van der Waals surface area contributed by atoms with Crippen LogP contribution in [0, 0.1) is 34.3 Å². The Balaban J connectivity index is 1.31. The third kappa shape index (κ3) is 3.53. The maximum Gasteiger partial charge on any atom is 0.307 e. The molecule has 9 heteroatoms. The van der Waals surface area contributed by atoms with Gasteiger partial charge in [-0.25, -0.2) is 0 Å². The van der Waals surface area contributed by atoms with Gasteiger partial charge in [-0.05, 0) is 69.6 Å². The summed E-state index contributed by atoms with van der Waals surface area (Å²) < 4.78 is 3.75. The largest absolute Gasteiger partial charge is 0.352 e. The Kier molecular flexibility index (Phi) is 4.67. The van der Waals surface area contributed by atoms with Gasteiger partial charge in [-0.15, -0.1) is 0 Å². The van der Waals surface area contributed by atoms with Crippen LogP contribution in [-0.4, -0.2) is 30.4 Å². The van der Waals surface area contributed by atoms with E-state index in [1.807, 2.05) is 29.4 Å². The molecule has 1 N–H and O–H groups in total. The highest BCUT2D eigenvalue weighted by Gasteiger charge is 2.59. The number of aryl methyl sites for hydroxylation is 2. The highest BCUT2D eigenvalue weighted by Crippen LogP contribution is 2.65. The molecule has 166 valence electrons. The van der Waals surface area contributed by atoms with Crippen molar-refractivity contribution in [3.8, 4) is 0 Å². The van der Waals surface area contributed by atoms with Crippen LogP contribution < -0.4 is 5.32 Å². The Morgan fingerprint density at radius 3 is 2.65 bits per heavy atom. The van der Waals surface area contributed by atoms with Crippen molar-refractivity contribution in [3.63, 3.8) is 0 Å². The van der Waals surface area contributed by atoms with Gasteiger partial charge in [0.1, 0.15) is 12.4 Å². The standard InChI is InChI=1S/C22H30N6O3/c1-3-26-12-18(15(2)25-26)10-23-20(29)9-21-5-16-4-17(6-21)8-22(7-16,14-21)27-13-19(11-24-27)28(30)31/h11-13,16-17H,3-10,14H2,1-2H3,(H,23,29). The number of amides is 1. The molecule has 1 amide bonds. The Morgan fingerprint density at radius 2 is 2.03 bits per heavy atom. The van der Waals surface area contributed by atoms with Crippen molar-refractivity contribution < 1.29 is 9.72 Å². The number of rotatable bonds is 7. The number of nitrogens with one attached hydrogen (secondary N) is 1. The topological polar surface area (TPSA) is 108 Å². The fraction of sp³-hybridized carbons (Fsp3) is 0.682. The second kappa shape index (κ2) is 7.17. The third-order valence-corrected chi connectivity index (χ3v) is 7.80. The first-order valence-electron chi connectivity index (χ1n) is 11.3. The van der Waals surface area contributed by atoms with Crippen molar-refractivity contribution in [3.05, 3.63) is 40.0 Å². The van der Waals surface area contributed by atoms with E-state index in [0.29, 0.717) is 24.8 Å². The number of nitrogens with zero attached hydrogens (tertiary/aromatic N) is 5. The average Bonchev–Trinajstić information content (AvgIpc) is 3.32. The SMILES string of the molecule is CCn1cc(CNC(=O)CC23CC4CC(C2)CC(n2cc([N+](=O)[O-])cn2)(C4)C3)c(C)n1. The predicted octanol–water partition coefficient (Wildman–Crippen LogP) is 3.32. The molecule has 2 aromatic rings. The molecule has 4 aliphatic rings. The summed E-state index contributed by atoms with van der Waals surface area (Å²) in [6.07, 6.45) is 11.7. The van der Waals surface area contributed by atoms with Gasteiger partial charge in [0.2, 0.25) is 5.91 Å². The van der Waals surface area contributed by atoms with Crippen LogP contribution in [0.25, 0.3) is 0 Å². The molecule has 4 saturated carbocycles. The number of hydrogen-bond donors (Lipinski definition) is 1. The maximum absolute atomic E-state index is 13.0. The first kappa shape index (κ1) is 20.2. The minimum atomic E-state index is -0.379. The number of carbonyl (C=O) groups excluding carboxylic acids is 1. The molecule has 4 aliphatic carbocycles. The number of carbonyl (C=O) groups is 1. The van der Waals surface area contributed by atoms with Crippen LogP contribution in [-0.2, 0) is 23.4 Å². The lowest BCUT2D eigenvalue weighted by molar-refractivity contribution is -0.385. The summed E-state index contributed by atoms with van der Waals surface area (Å²) >= 11 is 0. The zero-order valence-electron chi connectivity index (χ0n) is 18.2. The molecule has 4 bridgehead atoms. The van der Waals surface area contributed by atoms with E-state index >= 15 is 0 Å². The summed E-state index contributed by atoms with van der Waals surface area (Å²) in [5, 5.41) is 23.1. The second-order valence-corrected chi connectivity index (χ2v) is 10.1. The number of aromatic nitrogens is 4. The van der Waals surface area contributed by atoms with Crippen molar-refractivity contribution in [2.75, 3.05) is 0 Å². The molecule has 0 saturated heterocycles. The molecule has 2 unspecified atom stereocenters. The van der Waals surface area contributed by atoms with E-state index in [2.05, 4.69) is 15.5 Å². The summed E-state index contributed by atoms with van der Waals surface area (Å²) in [4.78, 5) is 23.8. The molecule has 2 heterocycles. The van der Waals surface area contributed by atoms with E-state index in [1.165, 1.54) is 12.6 Å². The zero-order valence-corrected chi connectivity index (χ0v) is 18.2. The van der Waals surface area contributed by atoms with Gasteiger partial charge >= 0.3 is 5.69 Å². The van der Waals surface area contributed by atoms with Gasteiger partial charge in [-0.1, -0.05) is 0 Å².